The quantitative estimate of drug-likeness (QED) is 0.0261. The minimum Gasteiger partial charge on any atom is -0.462 e. The van der Waals surface area contributed by atoms with Gasteiger partial charge in [-0.15, -0.1) is 0 Å². The normalized spacial score (nSPS) is 12.4. The molecule has 0 heterocycles. The lowest BCUT2D eigenvalue weighted by Crippen LogP contribution is -2.30. The molecule has 6 nitrogen and oxygen atoms in total. The fourth-order valence-electron chi connectivity index (χ4n) is 10.0. The molecule has 0 saturated heterocycles. The monoisotopic (exact) mass is 1080 g/mol. The van der Waals surface area contributed by atoms with Gasteiger partial charge in [-0.25, -0.2) is 0 Å². The van der Waals surface area contributed by atoms with Crippen LogP contribution in [-0.4, -0.2) is 37.2 Å². The molecule has 0 aromatic heterocycles. The summed E-state index contributed by atoms with van der Waals surface area (Å²) in [4.78, 5) is 38.0. The van der Waals surface area contributed by atoms with Crippen LogP contribution in [0.15, 0.2) is 60.8 Å². The van der Waals surface area contributed by atoms with Crippen LogP contribution in [0, 0.1) is 0 Å². The smallest absolute Gasteiger partial charge is 0.306 e. The number of carbonyl (C=O) groups is 3. The molecular formula is C71H128O6. The molecule has 0 aromatic rings. The number of unbranched alkanes of at least 4 members (excludes halogenated alkanes) is 41. The molecule has 0 radical (unpaired) electrons. The lowest BCUT2D eigenvalue weighted by Gasteiger charge is -2.18. The van der Waals surface area contributed by atoms with Crippen LogP contribution >= 0.6 is 0 Å². The molecule has 0 saturated carbocycles. The highest BCUT2D eigenvalue weighted by Gasteiger charge is 2.19. The molecule has 1 unspecified atom stereocenters. The Morgan fingerprint density at radius 3 is 0.792 bits per heavy atom. The molecule has 0 fully saturated rings. The average Bonchev–Trinajstić information content (AvgIpc) is 3.43. The predicted molar refractivity (Wildman–Crippen MR) is 335 cm³/mol. The van der Waals surface area contributed by atoms with Crippen molar-refractivity contribution < 1.29 is 28.6 Å². The molecule has 0 aliphatic rings. The second-order valence-electron chi connectivity index (χ2n) is 22.7. The van der Waals surface area contributed by atoms with Gasteiger partial charge in [0.2, 0.25) is 0 Å². The molecule has 0 amide bonds. The summed E-state index contributed by atoms with van der Waals surface area (Å²) in [6, 6.07) is 0. The van der Waals surface area contributed by atoms with E-state index in [4.69, 9.17) is 14.2 Å². The van der Waals surface area contributed by atoms with Crippen molar-refractivity contribution in [3.05, 3.63) is 60.8 Å². The summed E-state index contributed by atoms with van der Waals surface area (Å²) in [5.41, 5.74) is 0. The topological polar surface area (TPSA) is 78.9 Å². The summed E-state index contributed by atoms with van der Waals surface area (Å²) in [6.07, 6.45) is 84.4. The van der Waals surface area contributed by atoms with Gasteiger partial charge in [-0.1, -0.05) is 332 Å². The molecule has 77 heavy (non-hydrogen) atoms. The molecule has 0 N–H and O–H groups in total. The third kappa shape index (κ3) is 63.8. The molecule has 1 atom stereocenters. The molecule has 0 aliphatic heterocycles. The average molecular weight is 1080 g/mol. The van der Waals surface area contributed by atoms with Crippen molar-refractivity contribution in [3.63, 3.8) is 0 Å². The van der Waals surface area contributed by atoms with Crippen molar-refractivity contribution in [2.24, 2.45) is 0 Å². The number of ether oxygens (including phenoxy) is 3. The van der Waals surface area contributed by atoms with Crippen LogP contribution in [0.25, 0.3) is 0 Å². The van der Waals surface area contributed by atoms with Gasteiger partial charge in [-0.2, -0.15) is 0 Å². The van der Waals surface area contributed by atoms with Gasteiger partial charge in [0.1, 0.15) is 13.2 Å². The van der Waals surface area contributed by atoms with Gasteiger partial charge in [0.15, 0.2) is 6.10 Å². The Balaban J connectivity index is 3.95. The number of rotatable bonds is 62. The second-order valence-corrected chi connectivity index (χ2v) is 22.7. The molecule has 6 heteroatoms. The first kappa shape index (κ1) is 74.1. The summed E-state index contributed by atoms with van der Waals surface area (Å²) in [5.74, 6) is -0.862. The first-order chi connectivity index (χ1) is 38.0. The molecule has 448 valence electrons. The van der Waals surface area contributed by atoms with Crippen molar-refractivity contribution in [1.29, 1.82) is 0 Å². The molecule has 0 spiro atoms. The molecule has 0 bridgehead atoms. The van der Waals surface area contributed by atoms with Gasteiger partial charge in [0, 0.05) is 19.3 Å². The first-order valence-corrected chi connectivity index (χ1v) is 33.8. The van der Waals surface area contributed by atoms with Crippen LogP contribution in [0.3, 0.4) is 0 Å². The third-order valence-electron chi connectivity index (χ3n) is 15.0. The van der Waals surface area contributed by atoms with E-state index in [1.165, 1.54) is 218 Å². The van der Waals surface area contributed by atoms with E-state index in [-0.39, 0.29) is 31.1 Å². The number of esters is 3. The fraction of sp³-hybridized carbons (Fsp3) is 0.817. The van der Waals surface area contributed by atoms with Crippen LogP contribution in [-0.2, 0) is 28.6 Å². The SMILES string of the molecule is CC/C=C\C/C=C\C/C=C\C/C=C\C/C=C\CCCCCCCCCCCCCCCCCC(=O)OCC(COC(=O)CCCCCCC)OC(=O)CCCCCCCCCCCCCCCCCCCCCCCCC. The zero-order valence-corrected chi connectivity index (χ0v) is 51.5. The van der Waals surface area contributed by atoms with E-state index in [0.29, 0.717) is 19.3 Å². The Kier molecular flexibility index (Phi) is 63.2. The number of hydrogen-bond acceptors (Lipinski definition) is 6. The number of carbonyl (C=O) groups excluding carboxylic acids is 3. The second kappa shape index (κ2) is 65.6. The highest BCUT2D eigenvalue weighted by atomic mass is 16.6. The van der Waals surface area contributed by atoms with Crippen LogP contribution in [0.5, 0.6) is 0 Å². The van der Waals surface area contributed by atoms with E-state index in [2.05, 4.69) is 81.5 Å². The molecular weight excluding hydrogens is 949 g/mol. The summed E-state index contributed by atoms with van der Waals surface area (Å²) >= 11 is 0. The van der Waals surface area contributed by atoms with Crippen LogP contribution in [0.1, 0.15) is 355 Å². The predicted octanol–water partition coefficient (Wildman–Crippen LogP) is 23.1. The number of allylic oxidation sites excluding steroid dienone is 10. The Morgan fingerprint density at radius 2 is 0.506 bits per heavy atom. The molecule has 0 aliphatic carbocycles. The van der Waals surface area contributed by atoms with E-state index < -0.39 is 6.10 Å². The third-order valence-corrected chi connectivity index (χ3v) is 15.0. The largest absolute Gasteiger partial charge is 0.462 e. The molecule has 0 aromatic carbocycles. The maximum absolute atomic E-state index is 12.8. The zero-order chi connectivity index (χ0) is 55.7. The molecule has 0 rings (SSSR count). The summed E-state index contributed by atoms with van der Waals surface area (Å²) < 4.78 is 16.8. The summed E-state index contributed by atoms with van der Waals surface area (Å²) in [6.45, 7) is 6.50. The van der Waals surface area contributed by atoms with E-state index in [1.807, 2.05) is 0 Å². The highest BCUT2D eigenvalue weighted by Crippen LogP contribution is 2.18. The summed E-state index contributed by atoms with van der Waals surface area (Å²) in [7, 11) is 0. The Labute approximate surface area is 479 Å². The van der Waals surface area contributed by atoms with Gasteiger partial charge >= 0.3 is 17.9 Å². The maximum Gasteiger partial charge on any atom is 0.306 e. The van der Waals surface area contributed by atoms with Gasteiger partial charge < -0.3 is 14.2 Å². The van der Waals surface area contributed by atoms with Gasteiger partial charge in [0.05, 0.1) is 0 Å². The minimum absolute atomic E-state index is 0.0693. The van der Waals surface area contributed by atoms with Crippen LogP contribution in [0.2, 0.25) is 0 Å². The van der Waals surface area contributed by atoms with Crippen molar-refractivity contribution in [3.8, 4) is 0 Å². The minimum atomic E-state index is -0.767. The van der Waals surface area contributed by atoms with Gasteiger partial charge in [-0.3, -0.25) is 14.4 Å². The van der Waals surface area contributed by atoms with Gasteiger partial charge in [-0.05, 0) is 64.2 Å². The van der Waals surface area contributed by atoms with Crippen LogP contribution in [0.4, 0.5) is 0 Å². The Morgan fingerprint density at radius 1 is 0.273 bits per heavy atom. The van der Waals surface area contributed by atoms with Crippen LogP contribution < -0.4 is 0 Å². The zero-order valence-electron chi connectivity index (χ0n) is 51.5. The highest BCUT2D eigenvalue weighted by molar-refractivity contribution is 5.71. The van der Waals surface area contributed by atoms with Crippen molar-refractivity contribution in [2.45, 2.75) is 361 Å². The van der Waals surface area contributed by atoms with Crippen molar-refractivity contribution >= 4 is 17.9 Å². The van der Waals surface area contributed by atoms with Crippen molar-refractivity contribution in [2.75, 3.05) is 13.2 Å². The Hall–Kier alpha value is -2.89. The van der Waals surface area contributed by atoms with Crippen molar-refractivity contribution in [1.82, 2.24) is 0 Å². The number of hydrogen-bond donors (Lipinski definition) is 0. The lowest BCUT2D eigenvalue weighted by molar-refractivity contribution is -0.167. The maximum atomic E-state index is 12.8. The first-order valence-electron chi connectivity index (χ1n) is 33.8. The van der Waals surface area contributed by atoms with E-state index in [1.54, 1.807) is 0 Å². The van der Waals surface area contributed by atoms with E-state index >= 15 is 0 Å². The van der Waals surface area contributed by atoms with E-state index in [0.717, 1.165) is 96.3 Å². The van der Waals surface area contributed by atoms with E-state index in [9.17, 15) is 14.4 Å². The lowest BCUT2D eigenvalue weighted by atomic mass is 10.0. The fourth-order valence-corrected chi connectivity index (χ4v) is 10.0. The standard InChI is InChI=1S/C71H128O6/c1-4-7-10-13-15-17-19-21-23-25-27-29-31-32-33-34-35-36-37-38-40-41-43-45-47-49-51-53-55-58-61-64-70(73)76-67-68(66-75-69(72)63-60-57-12-9-6-3)77-71(74)65-62-59-56-54-52-50-48-46-44-42-39-30-28-26-24-22-20-18-16-14-11-8-5-2/h7,10,15,17,21,23,27,29,32-33,68H,4-6,8-9,11-14,16,18-20,22,24-26,28,30-31,34-67H2,1-3H3/b10-7-,17-15-,23-21-,29-27-,33-32-. The Bertz CT molecular complexity index is 1380. The summed E-state index contributed by atoms with van der Waals surface area (Å²) in [5, 5.41) is 0. The van der Waals surface area contributed by atoms with Gasteiger partial charge in [0.25, 0.3) is 0 Å².